The van der Waals surface area contributed by atoms with E-state index in [1.807, 2.05) is 26.0 Å². The Bertz CT molecular complexity index is 714. The second-order valence-electron chi connectivity index (χ2n) is 6.57. The Morgan fingerprint density at radius 2 is 2.24 bits per heavy atom. The highest BCUT2D eigenvalue weighted by atomic mass is 16.5. The normalized spacial score (nSPS) is 22.1. The van der Waals surface area contributed by atoms with Crippen LogP contribution in [0.25, 0.3) is 6.08 Å². The number of likely N-dealkylation sites (tertiary alicyclic amines) is 1. The molecule has 0 aromatic heterocycles. The van der Waals surface area contributed by atoms with Crippen molar-refractivity contribution in [3.05, 3.63) is 29.3 Å². The zero-order valence-electron chi connectivity index (χ0n) is 14.7. The maximum Gasteiger partial charge on any atom is 0.246 e. The van der Waals surface area contributed by atoms with E-state index in [1.165, 1.54) is 6.08 Å². The third-order valence-corrected chi connectivity index (χ3v) is 4.64. The number of amides is 2. The molecule has 2 heterocycles. The zero-order chi connectivity index (χ0) is 18.0. The van der Waals surface area contributed by atoms with Gasteiger partial charge in [0.2, 0.25) is 11.8 Å². The summed E-state index contributed by atoms with van der Waals surface area (Å²) in [5.74, 6) is 0.882. The average Bonchev–Trinajstić information content (AvgIpc) is 3.18. The molecule has 2 aliphatic heterocycles. The van der Waals surface area contributed by atoms with Gasteiger partial charge in [0.25, 0.3) is 0 Å². The molecule has 1 saturated heterocycles. The molecule has 0 aliphatic carbocycles. The van der Waals surface area contributed by atoms with Gasteiger partial charge in [0.05, 0.1) is 12.5 Å². The van der Waals surface area contributed by atoms with E-state index < -0.39 is 0 Å². The van der Waals surface area contributed by atoms with E-state index in [-0.39, 0.29) is 23.8 Å². The van der Waals surface area contributed by atoms with Gasteiger partial charge >= 0.3 is 0 Å². The standard InChI is InChI=1S/C19H24N2O4/c1-3-24-16-10-15-8-12(2)25-17(15)9-13(16)4-5-18(22)21-7-6-14(11-21)19(20)23/h4-5,9-10,12,14H,3,6-8,11H2,1-2H3,(H2,20,23)/b5-4+/t12-,14+/m1/s1. The maximum atomic E-state index is 12.4. The molecule has 6 nitrogen and oxygen atoms in total. The van der Waals surface area contributed by atoms with Crippen LogP contribution in [0.4, 0.5) is 0 Å². The fraction of sp³-hybridized carbons (Fsp3) is 0.474. The molecule has 0 saturated carbocycles. The number of nitrogens with two attached hydrogens (primary N) is 1. The van der Waals surface area contributed by atoms with Crippen LogP contribution in [-0.2, 0) is 16.0 Å². The van der Waals surface area contributed by atoms with Gasteiger partial charge < -0.3 is 20.1 Å². The first-order valence-corrected chi connectivity index (χ1v) is 8.70. The maximum absolute atomic E-state index is 12.4. The van der Waals surface area contributed by atoms with Gasteiger partial charge in [-0.2, -0.15) is 0 Å². The van der Waals surface area contributed by atoms with E-state index in [2.05, 4.69) is 0 Å². The van der Waals surface area contributed by atoms with Crippen molar-refractivity contribution in [2.24, 2.45) is 11.7 Å². The van der Waals surface area contributed by atoms with E-state index in [4.69, 9.17) is 15.2 Å². The molecule has 134 valence electrons. The second kappa shape index (κ2) is 7.17. The van der Waals surface area contributed by atoms with Gasteiger partial charge in [0.1, 0.15) is 17.6 Å². The van der Waals surface area contributed by atoms with Crippen molar-refractivity contribution in [1.82, 2.24) is 4.90 Å². The zero-order valence-corrected chi connectivity index (χ0v) is 14.7. The molecule has 0 unspecified atom stereocenters. The number of primary amides is 1. The van der Waals surface area contributed by atoms with Crippen LogP contribution in [0.2, 0.25) is 0 Å². The third-order valence-electron chi connectivity index (χ3n) is 4.64. The average molecular weight is 344 g/mol. The van der Waals surface area contributed by atoms with Crippen molar-refractivity contribution < 1.29 is 19.1 Å². The van der Waals surface area contributed by atoms with Crippen LogP contribution in [0.3, 0.4) is 0 Å². The molecular formula is C19H24N2O4. The summed E-state index contributed by atoms with van der Waals surface area (Å²) >= 11 is 0. The Labute approximate surface area is 147 Å². The summed E-state index contributed by atoms with van der Waals surface area (Å²) in [4.78, 5) is 25.2. The minimum Gasteiger partial charge on any atom is -0.493 e. The third kappa shape index (κ3) is 3.78. The van der Waals surface area contributed by atoms with E-state index >= 15 is 0 Å². The summed E-state index contributed by atoms with van der Waals surface area (Å²) in [7, 11) is 0. The van der Waals surface area contributed by atoms with Crippen LogP contribution in [0, 0.1) is 5.92 Å². The molecule has 2 amide bonds. The molecule has 2 N–H and O–H groups in total. The second-order valence-corrected chi connectivity index (χ2v) is 6.57. The van der Waals surface area contributed by atoms with Crippen LogP contribution in [0.5, 0.6) is 11.5 Å². The van der Waals surface area contributed by atoms with E-state index in [9.17, 15) is 9.59 Å². The van der Waals surface area contributed by atoms with Gasteiger partial charge in [-0.15, -0.1) is 0 Å². The number of fused-ring (bicyclic) bond motifs is 1. The first-order chi connectivity index (χ1) is 12.0. The first-order valence-electron chi connectivity index (χ1n) is 8.70. The fourth-order valence-electron chi connectivity index (χ4n) is 3.33. The van der Waals surface area contributed by atoms with E-state index in [0.717, 1.165) is 29.0 Å². The molecule has 25 heavy (non-hydrogen) atoms. The largest absolute Gasteiger partial charge is 0.493 e. The Hall–Kier alpha value is -2.50. The number of nitrogens with zero attached hydrogens (tertiary/aromatic N) is 1. The highest BCUT2D eigenvalue weighted by Gasteiger charge is 2.28. The number of benzene rings is 1. The summed E-state index contributed by atoms with van der Waals surface area (Å²) in [5, 5.41) is 0. The van der Waals surface area contributed by atoms with Gasteiger partial charge in [-0.1, -0.05) is 0 Å². The highest BCUT2D eigenvalue weighted by molar-refractivity contribution is 5.93. The minimum absolute atomic E-state index is 0.124. The summed E-state index contributed by atoms with van der Waals surface area (Å²) in [5.41, 5.74) is 7.26. The molecule has 3 rings (SSSR count). The first kappa shape index (κ1) is 17.3. The van der Waals surface area contributed by atoms with Crippen LogP contribution in [0.15, 0.2) is 18.2 Å². The predicted octanol–water partition coefficient (Wildman–Crippen LogP) is 1.76. The summed E-state index contributed by atoms with van der Waals surface area (Å²) < 4.78 is 11.5. The monoisotopic (exact) mass is 344 g/mol. The lowest BCUT2D eigenvalue weighted by Crippen LogP contribution is -2.30. The van der Waals surface area contributed by atoms with E-state index in [0.29, 0.717) is 26.1 Å². The van der Waals surface area contributed by atoms with Gasteiger partial charge in [0, 0.05) is 36.7 Å². The Morgan fingerprint density at radius 3 is 2.92 bits per heavy atom. The lowest BCUT2D eigenvalue weighted by molar-refractivity contribution is -0.125. The lowest BCUT2D eigenvalue weighted by Gasteiger charge is -2.14. The number of ether oxygens (including phenoxy) is 2. The molecule has 1 aromatic carbocycles. The number of carbonyl (C=O) groups excluding carboxylic acids is 2. The fourth-order valence-corrected chi connectivity index (χ4v) is 3.33. The van der Waals surface area contributed by atoms with Crippen molar-refractivity contribution in [1.29, 1.82) is 0 Å². The molecule has 2 atom stereocenters. The van der Waals surface area contributed by atoms with Crippen LogP contribution in [-0.4, -0.2) is 42.5 Å². The molecule has 0 radical (unpaired) electrons. The molecule has 2 aliphatic rings. The van der Waals surface area contributed by atoms with Crippen LogP contribution in [0.1, 0.15) is 31.4 Å². The smallest absolute Gasteiger partial charge is 0.246 e. The van der Waals surface area contributed by atoms with Crippen LogP contribution >= 0.6 is 0 Å². The van der Waals surface area contributed by atoms with Crippen molar-refractivity contribution in [3.63, 3.8) is 0 Å². The highest BCUT2D eigenvalue weighted by Crippen LogP contribution is 2.35. The number of hydrogen-bond acceptors (Lipinski definition) is 4. The Morgan fingerprint density at radius 1 is 1.44 bits per heavy atom. The predicted molar refractivity (Wildman–Crippen MR) is 94.3 cm³/mol. The Balaban J connectivity index is 1.75. The van der Waals surface area contributed by atoms with Crippen molar-refractivity contribution in [3.8, 4) is 11.5 Å². The van der Waals surface area contributed by atoms with Crippen molar-refractivity contribution in [2.45, 2.75) is 32.8 Å². The van der Waals surface area contributed by atoms with Gasteiger partial charge in [-0.3, -0.25) is 9.59 Å². The topological polar surface area (TPSA) is 81.9 Å². The number of hydrogen-bond donors (Lipinski definition) is 1. The molecular weight excluding hydrogens is 320 g/mol. The Kier molecular flexibility index (Phi) is 4.97. The number of rotatable bonds is 5. The minimum atomic E-state index is -0.345. The molecule has 1 aromatic rings. The van der Waals surface area contributed by atoms with Gasteiger partial charge in [0.15, 0.2) is 0 Å². The van der Waals surface area contributed by atoms with Crippen LogP contribution < -0.4 is 15.2 Å². The molecule has 6 heteroatoms. The molecule has 0 bridgehead atoms. The van der Waals surface area contributed by atoms with Crippen molar-refractivity contribution in [2.75, 3.05) is 19.7 Å². The summed E-state index contributed by atoms with van der Waals surface area (Å²) in [6, 6.07) is 3.91. The SMILES string of the molecule is CCOc1cc2c(cc1/C=C/C(=O)N1CC[C@H](C(N)=O)C1)O[C@H](C)C2. The molecule has 1 fully saturated rings. The summed E-state index contributed by atoms with van der Waals surface area (Å²) in [6.45, 7) is 5.46. The lowest BCUT2D eigenvalue weighted by atomic mass is 10.1. The van der Waals surface area contributed by atoms with Gasteiger partial charge in [-0.05, 0) is 38.5 Å². The number of carbonyl (C=O) groups is 2. The van der Waals surface area contributed by atoms with Gasteiger partial charge in [-0.25, -0.2) is 0 Å². The quantitative estimate of drug-likeness (QED) is 0.825. The van der Waals surface area contributed by atoms with E-state index in [1.54, 1.807) is 11.0 Å². The molecule has 0 spiro atoms. The van der Waals surface area contributed by atoms with Crippen molar-refractivity contribution >= 4 is 17.9 Å². The summed E-state index contributed by atoms with van der Waals surface area (Å²) in [6.07, 6.45) is 4.91.